The second-order valence-corrected chi connectivity index (χ2v) is 6.19. The Hall–Kier alpha value is -2.24. The average molecular weight is 347 g/mol. The molecule has 1 fully saturated rings. The third-order valence-corrected chi connectivity index (χ3v) is 4.29. The van der Waals surface area contributed by atoms with Crippen molar-refractivity contribution in [1.82, 2.24) is 15.5 Å². The Morgan fingerprint density at radius 2 is 1.92 bits per heavy atom. The monoisotopic (exact) mass is 347 g/mol. The number of amides is 3. The molecular formula is C19H29N3O3. The van der Waals surface area contributed by atoms with Gasteiger partial charge in [0.1, 0.15) is 5.75 Å². The van der Waals surface area contributed by atoms with Crippen LogP contribution in [0.4, 0.5) is 4.79 Å². The summed E-state index contributed by atoms with van der Waals surface area (Å²) in [7, 11) is 0. The summed E-state index contributed by atoms with van der Waals surface area (Å²) in [5.74, 6) is 0.824. The van der Waals surface area contributed by atoms with Crippen LogP contribution in [0, 0.1) is 0 Å². The third-order valence-electron chi connectivity index (χ3n) is 4.29. The fraction of sp³-hybridized carbons (Fsp3) is 0.579. The number of urea groups is 1. The molecule has 0 saturated carbocycles. The number of carbonyl (C=O) groups is 2. The van der Waals surface area contributed by atoms with E-state index in [2.05, 4.69) is 10.6 Å². The highest BCUT2D eigenvalue weighted by Crippen LogP contribution is 2.32. The molecule has 0 spiro atoms. The number of nitrogens with zero attached hydrogens (tertiary/aromatic N) is 1. The average Bonchev–Trinajstić information content (AvgIpc) is 3.10. The molecule has 0 aliphatic carbocycles. The minimum absolute atomic E-state index is 0.0216. The lowest BCUT2D eigenvalue weighted by atomic mass is 10.0. The van der Waals surface area contributed by atoms with E-state index in [1.807, 2.05) is 43.0 Å². The molecule has 1 saturated heterocycles. The molecule has 6 heteroatoms. The number of ether oxygens (including phenoxy) is 1. The molecule has 0 aromatic heterocycles. The molecule has 1 heterocycles. The maximum atomic E-state index is 12.5. The Morgan fingerprint density at radius 1 is 1.16 bits per heavy atom. The molecule has 2 rings (SSSR count). The number of benzene rings is 1. The van der Waals surface area contributed by atoms with Crippen molar-refractivity contribution < 1.29 is 14.3 Å². The summed E-state index contributed by atoms with van der Waals surface area (Å²) in [4.78, 5) is 25.9. The van der Waals surface area contributed by atoms with Gasteiger partial charge in [-0.05, 0) is 43.9 Å². The van der Waals surface area contributed by atoms with Gasteiger partial charge in [-0.1, -0.05) is 19.1 Å². The van der Waals surface area contributed by atoms with Gasteiger partial charge in [0.2, 0.25) is 5.91 Å². The zero-order valence-electron chi connectivity index (χ0n) is 15.2. The smallest absolute Gasteiger partial charge is 0.317 e. The number of likely N-dealkylation sites (tertiary alicyclic amines) is 1. The van der Waals surface area contributed by atoms with Gasteiger partial charge in [-0.3, -0.25) is 4.79 Å². The van der Waals surface area contributed by atoms with Crippen molar-refractivity contribution in [2.75, 3.05) is 26.2 Å². The molecule has 1 aromatic rings. The van der Waals surface area contributed by atoms with E-state index in [1.54, 1.807) is 0 Å². The Labute approximate surface area is 149 Å². The van der Waals surface area contributed by atoms with Crippen molar-refractivity contribution in [3.8, 4) is 5.75 Å². The molecule has 0 radical (unpaired) electrons. The second kappa shape index (κ2) is 9.91. The molecule has 3 amide bonds. The van der Waals surface area contributed by atoms with Crippen molar-refractivity contribution in [1.29, 1.82) is 0 Å². The molecular weight excluding hydrogens is 318 g/mol. The maximum Gasteiger partial charge on any atom is 0.317 e. The molecule has 0 bridgehead atoms. The first-order valence-corrected chi connectivity index (χ1v) is 9.19. The number of hydrogen-bond donors (Lipinski definition) is 2. The fourth-order valence-electron chi connectivity index (χ4n) is 3.05. The van der Waals surface area contributed by atoms with Crippen LogP contribution in [0.1, 0.15) is 51.1 Å². The fourth-order valence-corrected chi connectivity index (χ4v) is 3.05. The normalized spacial score (nSPS) is 16.6. The van der Waals surface area contributed by atoms with E-state index < -0.39 is 0 Å². The van der Waals surface area contributed by atoms with Gasteiger partial charge in [0.25, 0.3) is 0 Å². The molecule has 1 aromatic carbocycles. The Morgan fingerprint density at radius 3 is 2.60 bits per heavy atom. The van der Waals surface area contributed by atoms with E-state index in [-0.39, 0.29) is 18.0 Å². The van der Waals surface area contributed by atoms with Gasteiger partial charge in [-0.15, -0.1) is 0 Å². The van der Waals surface area contributed by atoms with Gasteiger partial charge in [0, 0.05) is 26.1 Å². The number of rotatable bonds is 8. The van der Waals surface area contributed by atoms with Gasteiger partial charge in [-0.25, -0.2) is 4.79 Å². The van der Waals surface area contributed by atoms with Crippen molar-refractivity contribution in [3.63, 3.8) is 0 Å². The summed E-state index contributed by atoms with van der Waals surface area (Å²) in [6, 6.07) is 7.94. The lowest BCUT2D eigenvalue weighted by molar-refractivity contribution is -0.120. The van der Waals surface area contributed by atoms with Crippen LogP contribution in [-0.2, 0) is 4.79 Å². The lowest BCUT2D eigenvalue weighted by Crippen LogP contribution is -2.41. The largest absolute Gasteiger partial charge is 0.494 e. The Bertz CT molecular complexity index is 560. The first-order valence-electron chi connectivity index (χ1n) is 9.19. The van der Waals surface area contributed by atoms with Gasteiger partial charge in [0.15, 0.2) is 0 Å². The summed E-state index contributed by atoms with van der Waals surface area (Å²) >= 11 is 0. The van der Waals surface area contributed by atoms with Crippen molar-refractivity contribution in [2.45, 2.75) is 45.6 Å². The summed E-state index contributed by atoms with van der Waals surface area (Å²) in [5.41, 5.74) is 1.12. The standard InChI is InChI=1S/C19H29N3O3/c1-3-12-20-18(23)11-13-21-19(24)22-14-5-6-17(22)15-7-9-16(10-8-15)25-4-2/h7-10,17H,3-6,11-14H2,1-2H3,(H,20,23)(H,21,24). The van der Waals surface area contributed by atoms with Crippen LogP contribution in [0.5, 0.6) is 5.75 Å². The van der Waals surface area contributed by atoms with Crippen molar-refractivity contribution >= 4 is 11.9 Å². The van der Waals surface area contributed by atoms with E-state index in [9.17, 15) is 9.59 Å². The highest BCUT2D eigenvalue weighted by molar-refractivity contribution is 5.78. The van der Waals surface area contributed by atoms with Crippen LogP contribution < -0.4 is 15.4 Å². The molecule has 138 valence electrons. The predicted molar refractivity (Wildman–Crippen MR) is 97.6 cm³/mol. The molecule has 25 heavy (non-hydrogen) atoms. The van der Waals surface area contributed by atoms with E-state index >= 15 is 0 Å². The summed E-state index contributed by atoms with van der Waals surface area (Å²) in [6.45, 7) is 6.39. The van der Waals surface area contributed by atoms with Crippen molar-refractivity contribution in [2.24, 2.45) is 0 Å². The van der Waals surface area contributed by atoms with Gasteiger partial charge in [-0.2, -0.15) is 0 Å². The lowest BCUT2D eigenvalue weighted by Gasteiger charge is -2.25. The van der Waals surface area contributed by atoms with E-state index in [0.717, 1.165) is 37.1 Å². The summed E-state index contributed by atoms with van der Waals surface area (Å²) in [5, 5.41) is 5.67. The quantitative estimate of drug-likeness (QED) is 0.760. The van der Waals surface area contributed by atoms with Gasteiger partial charge >= 0.3 is 6.03 Å². The second-order valence-electron chi connectivity index (χ2n) is 6.19. The highest BCUT2D eigenvalue weighted by atomic mass is 16.5. The predicted octanol–water partition coefficient (Wildman–Crippen LogP) is 2.85. The zero-order chi connectivity index (χ0) is 18.1. The summed E-state index contributed by atoms with van der Waals surface area (Å²) in [6.07, 6.45) is 3.17. The van der Waals surface area contributed by atoms with Crippen LogP contribution in [0.3, 0.4) is 0 Å². The number of hydrogen-bond acceptors (Lipinski definition) is 3. The van der Waals surface area contributed by atoms with Crippen LogP contribution >= 0.6 is 0 Å². The molecule has 2 N–H and O–H groups in total. The van der Waals surface area contributed by atoms with Crippen LogP contribution in [0.25, 0.3) is 0 Å². The van der Waals surface area contributed by atoms with Crippen molar-refractivity contribution in [3.05, 3.63) is 29.8 Å². The third kappa shape index (κ3) is 5.66. The topological polar surface area (TPSA) is 70.7 Å². The van der Waals surface area contributed by atoms with Crippen LogP contribution in [0.2, 0.25) is 0 Å². The maximum absolute atomic E-state index is 12.5. The van der Waals surface area contributed by atoms with Gasteiger partial charge in [0.05, 0.1) is 12.6 Å². The molecule has 1 aliphatic heterocycles. The molecule has 6 nitrogen and oxygen atoms in total. The number of nitrogens with one attached hydrogen (secondary N) is 2. The van der Waals surface area contributed by atoms with Gasteiger partial charge < -0.3 is 20.3 Å². The van der Waals surface area contributed by atoms with E-state index in [1.165, 1.54) is 0 Å². The van der Waals surface area contributed by atoms with E-state index in [0.29, 0.717) is 26.1 Å². The minimum Gasteiger partial charge on any atom is -0.494 e. The Balaban J connectivity index is 1.85. The first kappa shape index (κ1) is 19.1. The number of carbonyl (C=O) groups excluding carboxylic acids is 2. The van der Waals surface area contributed by atoms with Crippen LogP contribution in [0.15, 0.2) is 24.3 Å². The molecule has 1 atom stereocenters. The van der Waals surface area contributed by atoms with E-state index in [4.69, 9.17) is 4.74 Å². The zero-order valence-corrected chi connectivity index (χ0v) is 15.2. The molecule has 1 aliphatic rings. The Kier molecular flexibility index (Phi) is 7.57. The molecule has 1 unspecified atom stereocenters. The summed E-state index contributed by atoms with van der Waals surface area (Å²) < 4.78 is 5.47. The highest BCUT2D eigenvalue weighted by Gasteiger charge is 2.29. The SMILES string of the molecule is CCCNC(=O)CCNC(=O)N1CCCC1c1ccc(OCC)cc1. The first-order chi connectivity index (χ1) is 12.2. The van der Waals surface area contributed by atoms with Crippen LogP contribution in [-0.4, -0.2) is 43.1 Å². The minimum atomic E-state index is -0.0975.